The number of hydrogen-bond acceptors (Lipinski definition) is 1. The molecule has 0 bridgehead atoms. The van der Waals surface area contributed by atoms with Gasteiger partial charge in [-0.1, -0.05) is 11.6 Å². The lowest BCUT2D eigenvalue weighted by Crippen LogP contribution is -2.38. The predicted octanol–water partition coefficient (Wildman–Crippen LogP) is 3.21. The summed E-state index contributed by atoms with van der Waals surface area (Å²) in [6.07, 6.45) is 11.5. The van der Waals surface area contributed by atoms with Crippen LogP contribution in [0.3, 0.4) is 0 Å². The van der Waals surface area contributed by atoms with Crippen molar-refractivity contribution in [3.8, 4) is 0 Å². The number of allylic oxidation sites excluding steroid dienone is 1. The van der Waals surface area contributed by atoms with E-state index in [1.54, 1.807) is 5.57 Å². The molecule has 0 spiro atoms. The summed E-state index contributed by atoms with van der Waals surface area (Å²) >= 11 is 0. The molecule has 4 heteroatoms. The Balaban J connectivity index is 0.00000162. The SMILES string of the molecule is CCNC(=NCCC1=CCCCC1)NC1CC1.I. The number of hydrogen-bond donors (Lipinski definition) is 2. The van der Waals surface area contributed by atoms with Crippen molar-refractivity contribution in [1.29, 1.82) is 0 Å². The third-order valence-electron chi connectivity index (χ3n) is 3.35. The molecule has 2 aliphatic carbocycles. The van der Waals surface area contributed by atoms with Gasteiger partial charge in [0.15, 0.2) is 5.96 Å². The van der Waals surface area contributed by atoms with Crippen LogP contribution in [0, 0.1) is 0 Å². The van der Waals surface area contributed by atoms with Crippen LogP contribution in [0.5, 0.6) is 0 Å². The van der Waals surface area contributed by atoms with Gasteiger partial charge in [-0.2, -0.15) is 0 Å². The Kier molecular flexibility index (Phi) is 7.70. The molecule has 0 aromatic heterocycles. The molecular formula is C14H26IN3. The van der Waals surface area contributed by atoms with Crippen LogP contribution < -0.4 is 10.6 Å². The molecular weight excluding hydrogens is 337 g/mol. The Morgan fingerprint density at radius 1 is 1.39 bits per heavy atom. The quantitative estimate of drug-likeness (QED) is 0.341. The molecule has 0 unspecified atom stereocenters. The second kappa shape index (κ2) is 8.77. The summed E-state index contributed by atoms with van der Waals surface area (Å²) in [6, 6.07) is 0.682. The van der Waals surface area contributed by atoms with Crippen molar-refractivity contribution < 1.29 is 0 Å². The normalized spacial score (nSPS) is 19.8. The van der Waals surface area contributed by atoms with E-state index < -0.39 is 0 Å². The van der Waals surface area contributed by atoms with Crippen molar-refractivity contribution in [1.82, 2.24) is 10.6 Å². The Labute approximate surface area is 128 Å². The van der Waals surface area contributed by atoms with E-state index in [1.807, 2.05) is 0 Å². The smallest absolute Gasteiger partial charge is 0.191 e. The molecule has 1 saturated carbocycles. The average Bonchev–Trinajstić information content (AvgIpc) is 3.15. The van der Waals surface area contributed by atoms with Gasteiger partial charge in [0.1, 0.15) is 0 Å². The summed E-state index contributed by atoms with van der Waals surface area (Å²) in [4.78, 5) is 4.64. The highest BCUT2D eigenvalue weighted by molar-refractivity contribution is 14.0. The third-order valence-corrected chi connectivity index (χ3v) is 3.35. The van der Waals surface area contributed by atoms with Gasteiger partial charge in [0, 0.05) is 19.1 Å². The second-order valence-corrected chi connectivity index (χ2v) is 5.04. The van der Waals surface area contributed by atoms with Crippen LogP contribution >= 0.6 is 24.0 Å². The van der Waals surface area contributed by atoms with E-state index >= 15 is 0 Å². The van der Waals surface area contributed by atoms with Gasteiger partial charge in [-0.15, -0.1) is 24.0 Å². The molecule has 0 radical (unpaired) electrons. The van der Waals surface area contributed by atoms with Crippen LogP contribution in [0.4, 0.5) is 0 Å². The maximum Gasteiger partial charge on any atom is 0.191 e. The van der Waals surface area contributed by atoms with Crippen molar-refractivity contribution in [3.63, 3.8) is 0 Å². The van der Waals surface area contributed by atoms with Crippen LogP contribution in [0.2, 0.25) is 0 Å². The molecule has 104 valence electrons. The first-order valence-corrected chi connectivity index (χ1v) is 7.11. The minimum Gasteiger partial charge on any atom is -0.357 e. The minimum atomic E-state index is 0. The molecule has 18 heavy (non-hydrogen) atoms. The van der Waals surface area contributed by atoms with E-state index in [0.29, 0.717) is 6.04 Å². The number of rotatable bonds is 5. The van der Waals surface area contributed by atoms with Crippen LogP contribution in [0.15, 0.2) is 16.6 Å². The highest BCUT2D eigenvalue weighted by Gasteiger charge is 2.21. The summed E-state index contributed by atoms with van der Waals surface area (Å²) in [7, 11) is 0. The van der Waals surface area contributed by atoms with Gasteiger partial charge in [0.05, 0.1) is 0 Å². The van der Waals surface area contributed by atoms with E-state index in [9.17, 15) is 0 Å². The van der Waals surface area contributed by atoms with Crippen molar-refractivity contribution in [3.05, 3.63) is 11.6 Å². The van der Waals surface area contributed by atoms with Gasteiger partial charge in [-0.3, -0.25) is 4.99 Å². The Hall–Kier alpha value is -0.260. The molecule has 2 N–H and O–H groups in total. The van der Waals surface area contributed by atoms with E-state index in [1.165, 1.54) is 38.5 Å². The number of guanidine groups is 1. The Morgan fingerprint density at radius 3 is 2.83 bits per heavy atom. The maximum absolute atomic E-state index is 4.64. The summed E-state index contributed by atoms with van der Waals surface area (Å²) in [5.41, 5.74) is 1.61. The van der Waals surface area contributed by atoms with Crippen molar-refractivity contribution in [2.75, 3.05) is 13.1 Å². The van der Waals surface area contributed by atoms with Gasteiger partial charge in [-0.25, -0.2) is 0 Å². The second-order valence-electron chi connectivity index (χ2n) is 5.04. The molecule has 0 saturated heterocycles. The third kappa shape index (κ3) is 6.07. The van der Waals surface area contributed by atoms with E-state index in [2.05, 4.69) is 28.6 Å². The van der Waals surface area contributed by atoms with Crippen molar-refractivity contribution >= 4 is 29.9 Å². The van der Waals surface area contributed by atoms with Gasteiger partial charge >= 0.3 is 0 Å². The molecule has 3 nitrogen and oxygen atoms in total. The fourth-order valence-corrected chi connectivity index (χ4v) is 2.18. The number of nitrogens with zero attached hydrogens (tertiary/aromatic N) is 1. The minimum absolute atomic E-state index is 0. The number of aliphatic imine (C=N–C) groups is 1. The van der Waals surface area contributed by atoms with Gasteiger partial charge in [-0.05, 0) is 51.9 Å². The zero-order valence-electron chi connectivity index (χ0n) is 11.4. The highest BCUT2D eigenvalue weighted by atomic mass is 127. The van der Waals surface area contributed by atoms with Gasteiger partial charge in [0.25, 0.3) is 0 Å². The van der Waals surface area contributed by atoms with Crippen LogP contribution in [-0.2, 0) is 0 Å². The van der Waals surface area contributed by atoms with Crippen LogP contribution in [-0.4, -0.2) is 25.1 Å². The van der Waals surface area contributed by atoms with Crippen molar-refractivity contribution in [2.24, 2.45) is 4.99 Å². The summed E-state index contributed by atoms with van der Waals surface area (Å²) in [5, 5.41) is 6.76. The maximum atomic E-state index is 4.64. The van der Waals surface area contributed by atoms with Crippen molar-refractivity contribution in [2.45, 2.75) is 57.9 Å². The first kappa shape index (κ1) is 15.8. The number of nitrogens with one attached hydrogen (secondary N) is 2. The lowest BCUT2D eigenvalue weighted by atomic mass is 9.97. The lowest BCUT2D eigenvalue weighted by molar-refractivity contribution is 0.675. The van der Waals surface area contributed by atoms with E-state index in [-0.39, 0.29) is 24.0 Å². The van der Waals surface area contributed by atoms with E-state index in [4.69, 9.17) is 0 Å². The number of halogens is 1. The fraction of sp³-hybridized carbons (Fsp3) is 0.786. The largest absolute Gasteiger partial charge is 0.357 e. The van der Waals surface area contributed by atoms with E-state index in [0.717, 1.165) is 25.5 Å². The molecule has 0 aromatic carbocycles. The molecule has 2 aliphatic rings. The van der Waals surface area contributed by atoms with Gasteiger partial charge < -0.3 is 10.6 Å². The zero-order chi connectivity index (χ0) is 11.9. The Bertz CT molecular complexity index is 295. The standard InChI is InChI=1S/C14H25N3.HI/c1-2-15-14(17-13-8-9-13)16-11-10-12-6-4-3-5-7-12;/h6,13H,2-5,7-11H2,1H3,(H2,15,16,17);1H. The summed E-state index contributed by atoms with van der Waals surface area (Å²) in [6.45, 7) is 3.99. The fourth-order valence-electron chi connectivity index (χ4n) is 2.18. The van der Waals surface area contributed by atoms with Crippen LogP contribution in [0.1, 0.15) is 51.9 Å². The highest BCUT2D eigenvalue weighted by Crippen LogP contribution is 2.20. The molecule has 0 aromatic rings. The molecule has 2 rings (SSSR count). The molecule has 1 fully saturated rings. The summed E-state index contributed by atoms with van der Waals surface area (Å²) < 4.78 is 0. The average molecular weight is 363 g/mol. The molecule has 0 amide bonds. The summed E-state index contributed by atoms with van der Waals surface area (Å²) in [5.74, 6) is 1.01. The topological polar surface area (TPSA) is 36.4 Å². The predicted molar refractivity (Wildman–Crippen MR) is 88.7 cm³/mol. The van der Waals surface area contributed by atoms with Crippen LogP contribution in [0.25, 0.3) is 0 Å². The Morgan fingerprint density at radius 2 is 2.22 bits per heavy atom. The monoisotopic (exact) mass is 363 g/mol. The zero-order valence-corrected chi connectivity index (χ0v) is 13.7. The van der Waals surface area contributed by atoms with Gasteiger partial charge in [0.2, 0.25) is 0 Å². The lowest BCUT2D eigenvalue weighted by Gasteiger charge is -2.13. The molecule has 0 aliphatic heterocycles. The molecule has 0 atom stereocenters. The molecule has 0 heterocycles. The first-order valence-electron chi connectivity index (χ1n) is 7.11. The first-order chi connectivity index (χ1) is 8.38.